The van der Waals surface area contributed by atoms with Crippen molar-refractivity contribution in [3.05, 3.63) is 57.6 Å². The van der Waals surface area contributed by atoms with Crippen LogP contribution in [0, 0.1) is 5.41 Å². The lowest BCUT2D eigenvalue weighted by Crippen LogP contribution is -2.41. The second kappa shape index (κ2) is 15.8. The highest BCUT2D eigenvalue weighted by atomic mass is 16.3. The maximum Gasteiger partial charge on any atom is 0.144 e. The van der Waals surface area contributed by atoms with Crippen molar-refractivity contribution in [3.63, 3.8) is 0 Å². The van der Waals surface area contributed by atoms with Crippen molar-refractivity contribution in [1.82, 2.24) is 0 Å². The molecule has 216 valence electrons. The highest BCUT2D eigenvalue weighted by molar-refractivity contribution is 6.05. The SMILES string of the molecule is CCCCc1cc(CC(Cc2cc(CCCC)c(O)c(CCCC)c2)(C(C)=O)C(C)=O)cc(CCCC)c1O. The molecule has 0 fully saturated rings. The maximum atomic E-state index is 13.4. The van der Waals surface area contributed by atoms with Crippen LogP contribution in [0.3, 0.4) is 0 Å². The fourth-order valence-corrected chi connectivity index (χ4v) is 5.60. The van der Waals surface area contributed by atoms with Crippen molar-refractivity contribution in [2.75, 3.05) is 0 Å². The standard InChI is InChI=1S/C35H52O4/c1-7-11-15-29-19-27(20-30(33(29)38)16-12-8-2)23-35(25(5)36,26(6)37)24-28-21-31(17-13-9-3)34(39)32(22-28)18-14-10-4/h19-22,38-39H,7-18,23-24H2,1-6H3. The van der Waals surface area contributed by atoms with Gasteiger partial charge in [-0.15, -0.1) is 0 Å². The minimum Gasteiger partial charge on any atom is -0.507 e. The lowest BCUT2D eigenvalue weighted by atomic mass is 9.70. The number of hydrogen-bond acceptors (Lipinski definition) is 4. The zero-order chi connectivity index (χ0) is 29.0. The Bertz CT molecular complexity index is 952. The maximum absolute atomic E-state index is 13.4. The molecule has 4 nitrogen and oxygen atoms in total. The molecule has 0 aliphatic heterocycles. The molecule has 0 saturated heterocycles. The van der Waals surface area contributed by atoms with Crippen LogP contribution in [0.25, 0.3) is 0 Å². The van der Waals surface area contributed by atoms with Crippen molar-refractivity contribution in [2.45, 2.75) is 131 Å². The topological polar surface area (TPSA) is 74.6 Å². The first kappa shape index (κ1) is 32.6. The summed E-state index contributed by atoms with van der Waals surface area (Å²) in [7, 11) is 0. The number of Topliss-reactive ketones (excluding diaryl/α,β-unsaturated/α-hetero) is 2. The number of hydrogen-bond donors (Lipinski definition) is 2. The van der Waals surface area contributed by atoms with E-state index in [9.17, 15) is 19.8 Å². The number of carbonyl (C=O) groups is 2. The number of rotatable bonds is 18. The summed E-state index contributed by atoms with van der Waals surface area (Å²) >= 11 is 0. The minimum atomic E-state index is -1.19. The molecule has 0 heterocycles. The van der Waals surface area contributed by atoms with Gasteiger partial charge in [-0.25, -0.2) is 0 Å². The van der Waals surface area contributed by atoms with Crippen LogP contribution < -0.4 is 0 Å². The Morgan fingerprint density at radius 1 is 0.564 bits per heavy atom. The molecule has 2 N–H and O–H groups in total. The van der Waals surface area contributed by atoms with Gasteiger partial charge < -0.3 is 10.2 Å². The van der Waals surface area contributed by atoms with Gasteiger partial charge in [0.25, 0.3) is 0 Å². The Labute approximate surface area is 237 Å². The number of carbonyl (C=O) groups excluding carboxylic acids is 2. The van der Waals surface area contributed by atoms with E-state index in [4.69, 9.17) is 0 Å². The van der Waals surface area contributed by atoms with Crippen molar-refractivity contribution in [3.8, 4) is 11.5 Å². The molecule has 0 radical (unpaired) electrons. The summed E-state index contributed by atoms with van der Waals surface area (Å²) < 4.78 is 0. The molecule has 0 atom stereocenters. The molecule has 0 saturated carbocycles. The van der Waals surface area contributed by atoms with Crippen LogP contribution in [-0.2, 0) is 48.1 Å². The Balaban J connectivity index is 2.60. The monoisotopic (exact) mass is 536 g/mol. The molecule has 2 aromatic carbocycles. The Morgan fingerprint density at radius 3 is 1.03 bits per heavy atom. The van der Waals surface area contributed by atoms with Gasteiger partial charge in [-0.2, -0.15) is 0 Å². The first-order valence-electron chi connectivity index (χ1n) is 15.3. The van der Waals surface area contributed by atoms with Crippen LogP contribution in [0.2, 0.25) is 0 Å². The number of aryl methyl sites for hydroxylation is 4. The third-order valence-electron chi connectivity index (χ3n) is 8.21. The molecule has 0 bridgehead atoms. The van der Waals surface area contributed by atoms with E-state index < -0.39 is 5.41 Å². The zero-order valence-corrected chi connectivity index (χ0v) is 25.4. The Hall–Kier alpha value is -2.62. The normalized spacial score (nSPS) is 11.6. The Kier molecular flexibility index (Phi) is 13.2. The molecule has 39 heavy (non-hydrogen) atoms. The van der Waals surface area contributed by atoms with E-state index in [-0.39, 0.29) is 11.6 Å². The van der Waals surface area contributed by atoms with Gasteiger partial charge in [-0.1, -0.05) is 77.6 Å². The molecule has 2 aromatic rings. The summed E-state index contributed by atoms with van der Waals surface area (Å²) in [6.07, 6.45) is 11.8. The fourth-order valence-electron chi connectivity index (χ4n) is 5.60. The summed E-state index contributed by atoms with van der Waals surface area (Å²) in [5.41, 5.74) is 4.33. The number of phenolic OH excluding ortho intramolecular Hbond substituents is 2. The van der Waals surface area contributed by atoms with Crippen LogP contribution in [0.4, 0.5) is 0 Å². The number of aromatic hydroxyl groups is 2. The average Bonchev–Trinajstić information content (AvgIpc) is 2.90. The van der Waals surface area contributed by atoms with Gasteiger partial charge in [0.2, 0.25) is 0 Å². The predicted molar refractivity (Wildman–Crippen MR) is 162 cm³/mol. The van der Waals surface area contributed by atoms with Crippen LogP contribution in [0.1, 0.15) is 126 Å². The fraction of sp³-hybridized carbons (Fsp3) is 0.600. The second-order valence-electron chi connectivity index (χ2n) is 11.5. The summed E-state index contributed by atoms with van der Waals surface area (Å²) in [6, 6.07) is 8.04. The molecule has 2 rings (SSSR count). The van der Waals surface area contributed by atoms with E-state index in [1.165, 1.54) is 13.8 Å². The molecule has 0 aliphatic rings. The molecule has 0 amide bonds. The predicted octanol–water partition coefficient (Wildman–Crippen LogP) is 8.42. The van der Waals surface area contributed by atoms with Crippen molar-refractivity contribution in [1.29, 1.82) is 0 Å². The Morgan fingerprint density at radius 2 is 0.821 bits per heavy atom. The highest BCUT2D eigenvalue weighted by Gasteiger charge is 2.41. The van der Waals surface area contributed by atoms with Gasteiger partial charge >= 0.3 is 0 Å². The number of unbranched alkanes of at least 4 members (excludes halogenated alkanes) is 4. The van der Waals surface area contributed by atoms with E-state index in [1.807, 2.05) is 24.3 Å². The van der Waals surface area contributed by atoms with Gasteiger partial charge in [-0.3, -0.25) is 9.59 Å². The van der Waals surface area contributed by atoms with Crippen LogP contribution in [-0.4, -0.2) is 21.8 Å². The second-order valence-corrected chi connectivity index (χ2v) is 11.5. The van der Waals surface area contributed by atoms with Crippen LogP contribution >= 0.6 is 0 Å². The van der Waals surface area contributed by atoms with Gasteiger partial charge in [0.05, 0.1) is 5.41 Å². The summed E-state index contributed by atoms with van der Waals surface area (Å²) in [4.78, 5) is 26.7. The first-order valence-corrected chi connectivity index (χ1v) is 15.3. The van der Waals surface area contributed by atoms with Crippen molar-refractivity contribution in [2.24, 2.45) is 5.41 Å². The third kappa shape index (κ3) is 8.68. The van der Waals surface area contributed by atoms with Crippen LogP contribution in [0.15, 0.2) is 24.3 Å². The largest absolute Gasteiger partial charge is 0.507 e. The van der Waals surface area contributed by atoms with Gasteiger partial charge in [0.1, 0.15) is 23.1 Å². The lowest BCUT2D eigenvalue weighted by molar-refractivity contribution is -0.138. The molecule has 0 aromatic heterocycles. The summed E-state index contributed by atoms with van der Waals surface area (Å²) in [5, 5.41) is 22.0. The van der Waals surface area contributed by atoms with Crippen molar-refractivity contribution < 1.29 is 19.8 Å². The zero-order valence-electron chi connectivity index (χ0n) is 25.4. The van der Waals surface area contributed by atoms with E-state index in [2.05, 4.69) is 27.7 Å². The van der Waals surface area contributed by atoms with E-state index in [1.54, 1.807) is 0 Å². The number of benzene rings is 2. The molecule has 0 spiro atoms. The molecular weight excluding hydrogens is 484 g/mol. The van der Waals surface area contributed by atoms with Gasteiger partial charge in [-0.05, 0) is 111 Å². The molecule has 0 unspecified atom stereocenters. The van der Waals surface area contributed by atoms with Crippen LogP contribution in [0.5, 0.6) is 11.5 Å². The highest BCUT2D eigenvalue weighted by Crippen LogP contribution is 2.37. The quantitative estimate of drug-likeness (QED) is 0.188. The molecule has 0 aliphatic carbocycles. The summed E-state index contributed by atoms with van der Waals surface area (Å²) in [6.45, 7) is 11.6. The smallest absolute Gasteiger partial charge is 0.144 e. The van der Waals surface area contributed by atoms with Gasteiger partial charge in [0, 0.05) is 0 Å². The minimum absolute atomic E-state index is 0.133. The number of phenols is 2. The summed E-state index contributed by atoms with van der Waals surface area (Å²) in [5.74, 6) is 0.478. The molecule has 4 heteroatoms. The van der Waals surface area contributed by atoms with E-state index in [0.29, 0.717) is 24.3 Å². The van der Waals surface area contributed by atoms with Crippen molar-refractivity contribution >= 4 is 11.6 Å². The first-order chi connectivity index (χ1) is 18.6. The van der Waals surface area contributed by atoms with Gasteiger partial charge in [0.15, 0.2) is 0 Å². The lowest BCUT2D eigenvalue weighted by Gasteiger charge is -2.30. The number of ketones is 2. The average molecular weight is 537 g/mol. The van der Waals surface area contributed by atoms with E-state index >= 15 is 0 Å². The van der Waals surface area contributed by atoms with E-state index in [0.717, 1.165) is 110 Å². The molecular formula is C35H52O4. The third-order valence-corrected chi connectivity index (χ3v) is 8.21.